The van der Waals surface area contributed by atoms with E-state index in [9.17, 15) is 4.79 Å². The fraction of sp³-hybridized carbons (Fsp3) is 0.350. The minimum absolute atomic E-state index is 0.0866. The Balaban J connectivity index is 1.74. The third kappa shape index (κ3) is 5.14. The van der Waals surface area contributed by atoms with E-state index < -0.39 is 0 Å². The topological polar surface area (TPSA) is 80.7 Å². The summed E-state index contributed by atoms with van der Waals surface area (Å²) in [6.45, 7) is 7.96. The van der Waals surface area contributed by atoms with Crippen LogP contribution in [0.5, 0.6) is 0 Å². The average Bonchev–Trinajstić information content (AvgIpc) is 3.15. The zero-order chi connectivity index (χ0) is 20.1. The first-order valence-electron chi connectivity index (χ1n) is 9.18. The number of nitrogens with one attached hydrogen (secondary N) is 1. The van der Waals surface area contributed by atoms with E-state index in [0.717, 1.165) is 21.3 Å². The van der Waals surface area contributed by atoms with Gasteiger partial charge in [0.15, 0.2) is 0 Å². The first-order chi connectivity index (χ1) is 13.5. The number of carbonyl (C=O) groups excluding carboxylic acids is 1. The molecular formula is C20H23N5OS2. The molecule has 0 saturated carbocycles. The maximum absolute atomic E-state index is 12.7. The van der Waals surface area contributed by atoms with Crippen molar-refractivity contribution in [3.8, 4) is 11.3 Å². The SMILES string of the molecule is CCC(Sc1cc(-c2ccccc2)nc(C)n1)C(=O)Nc1nnc(C(C)C)s1. The van der Waals surface area contributed by atoms with Crippen molar-refractivity contribution in [3.05, 3.63) is 47.2 Å². The van der Waals surface area contributed by atoms with Crippen molar-refractivity contribution in [1.82, 2.24) is 20.2 Å². The summed E-state index contributed by atoms with van der Waals surface area (Å²) in [6, 6.07) is 11.9. The Hall–Kier alpha value is -2.32. The number of carbonyl (C=O) groups is 1. The van der Waals surface area contributed by atoms with E-state index in [2.05, 4.69) is 39.3 Å². The summed E-state index contributed by atoms with van der Waals surface area (Å²) in [5.41, 5.74) is 1.89. The number of anilines is 1. The first-order valence-corrected chi connectivity index (χ1v) is 10.9. The van der Waals surface area contributed by atoms with Crippen LogP contribution in [-0.4, -0.2) is 31.3 Å². The largest absolute Gasteiger partial charge is 0.300 e. The monoisotopic (exact) mass is 413 g/mol. The van der Waals surface area contributed by atoms with Crippen LogP contribution in [0.2, 0.25) is 0 Å². The van der Waals surface area contributed by atoms with E-state index in [4.69, 9.17) is 0 Å². The molecule has 0 radical (unpaired) electrons. The molecule has 1 atom stereocenters. The normalized spacial score (nSPS) is 12.2. The molecule has 146 valence electrons. The molecule has 2 heterocycles. The van der Waals surface area contributed by atoms with Crippen LogP contribution >= 0.6 is 23.1 Å². The number of hydrogen-bond acceptors (Lipinski definition) is 7. The van der Waals surface area contributed by atoms with Crippen LogP contribution in [0.25, 0.3) is 11.3 Å². The molecule has 1 amide bonds. The molecule has 2 aromatic heterocycles. The molecule has 1 unspecified atom stereocenters. The molecule has 1 N–H and O–H groups in total. The van der Waals surface area contributed by atoms with Crippen molar-refractivity contribution in [2.45, 2.75) is 50.3 Å². The fourth-order valence-corrected chi connectivity index (χ4v) is 4.27. The molecule has 0 saturated heterocycles. The molecule has 0 aliphatic carbocycles. The average molecular weight is 414 g/mol. The lowest BCUT2D eigenvalue weighted by Gasteiger charge is -2.14. The number of benzene rings is 1. The van der Waals surface area contributed by atoms with Crippen LogP contribution in [0.4, 0.5) is 5.13 Å². The van der Waals surface area contributed by atoms with Gasteiger partial charge in [-0.15, -0.1) is 10.2 Å². The van der Waals surface area contributed by atoms with Crippen LogP contribution < -0.4 is 5.32 Å². The van der Waals surface area contributed by atoms with Gasteiger partial charge in [-0.25, -0.2) is 9.97 Å². The minimum Gasteiger partial charge on any atom is -0.300 e. The third-order valence-corrected chi connectivity index (χ3v) is 6.40. The maximum atomic E-state index is 12.7. The molecule has 0 aliphatic heterocycles. The van der Waals surface area contributed by atoms with Crippen LogP contribution in [0.3, 0.4) is 0 Å². The Morgan fingerprint density at radius 2 is 1.93 bits per heavy atom. The highest BCUT2D eigenvalue weighted by atomic mass is 32.2. The second-order valence-corrected chi connectivity index (χ2v) is 8.84. The van der Waals surface area contributed by atoms with Gasteiger partial charge in [-0.1, -0.05) is 74.2 Å². The molecule has 8 heteroatoms. The van der Waals surface area contributed by atoms with Gasteiger partial charge in [0, 0.05) is 11.5 Å². The van der Waals surface area contributed by atoms with E-state index in [1.165, 1.54) is 23.1 Å². The molecule has 0 fully saturated rings. The van der Waals surface area contributed by atoms with Gasteiger partial charge < -0.3 is 0 Å². The Morgan fingerprint density at radius 1 is 1.18 bits per heavy atom. The molecule has 0 aliphatic rings. The van der Waals surface area contributed by atoms with Crippen molar-refractivity contribution in [1.29, 1.82) is 0 Å². The molecule has 0 spiro atoms. The predicted molar refractivity (Wildman–Crippen MR) is 115 cm³/mol. The summed E-state index contributed by atoms with van der Waals surface area (Å²) in [7, 11) is 0. The van der Waals surface area contributed by atoms with Crippen molar-refractivity contribution >= 4 is 34.1 Å². The van der Waals surface area contributed by atoms with E-state index in [0.29, 0.717) is 23.3 Å². The van der Waals surface area contributed by atoms with E-state index >= 15 is 0 Å². The third-order valence-electron chi connectivity index (χ3n) is 3.97. The van der Waals surface area contributed by atoms with Gasteiger partial charge in [0.05, 0.1) is 10.9 Å². The molecule has 28 heavy (non-hydrogen) atoms. The van der Waals surface area contributed by atoms with Crippen LogP contribution in [0.15, 0.2) is 41.4 Å². The lowest BCUT2D eigenvalue weighted by atomic mass is 10.1. The molecule has 1 aromatic carbocycles. The number of amides is 1. The molecule has 3 rings (SSSR count). The highest BCUT2D eigenvalue weighted by Crippen LogP contribution is 2.29. The van der Waals surface area contributed by atoms with Crippen molar-refractivity contribution in [3.63, 3.8) is 0 Å². The zero-order valence-corrected chi connectivity index (χ0v) is 18.0. The Morgan fingerprint density at radius 3 is 2.57 bits per heavy atom. The number of aryl methyl sites for hydroxylation is 1. The first kappa shape index (κ1) is 20.4. The van der Waals surface area contributed by atoms with Gasteiger partial charge in [0.2, 0.25) is 11.0 Å². The van der Waals surface area contributed by atoms with E-state index in [-0.39, 0.29) is 11.2 Å². The summed E-state index contributed by atoms with van der Waals surface area (Å²) in [4.78, 5) is 21.8. The standard InChI is InChI=1S/C20H23N5OS2/c1-5-16(18(26)23-20-25-24-19(28-20)12(2)3)27-17-11-15(21-13(4)22-17)14-9-7-6-8-10-14/h6-12,16H,5H2,1-4H3,(H,23,25,26). The Bertz CT molecular complexity index is 943. The van der Waals surface area contributed by atoms with Gasteiger partial charge in [-0.05, 0) is 19.4 Å². The van der Waals surface area contributed by atoms with Gasteiger partial charge in [-0.3, -0.25) is 10.1 Å². The number of rotatable bonds is 7. The maximum Gasteiger partial charge on any atom is 0.239 e. The highest BCUT2D eigenvalue weighted by molar-refractivity contribution is 8.00. The van der Waals surface area contributed by atoms with Crippen molar-refractivity contribution in [2.75, 3.05) is 5.32 Å². The summed E-state index contributed by atoms with van der Waals surface area (Å²) in [6.07, 6.45) is 0.677. The number of nitrogens with zero attached hydrogens (tertiary/aromatic N) is 4. The number of aromatic nitrogens is 4. The lowest BCUT2D eigenvalue weighted by Crippen LogP contribution is -2.24. The van der Waals surface area contributed by atoms with Gasteiger partial charge in [0.25, 0.3) is 0 Å². The summed E-state index contributed by atoms with van der Waals surface area (Å²) in [5.74, 6) is 0.890. The van der Waals surface area contributed by atoms with E-state index in [1.54, 1.807) is 0 Å². The van der Waals surface area contributed by atoms with Crippen molar-refractivity contribution in [2.24, 2.45) is 0 Å². The molecule has 0 bridgehead atoms. The molecule has 3 aromatic rings. The smallest absolute Gasteiger partial charge is 0.239 e. The zero-order valence-electron chi connectivity index (χ0n) is 16.3. The lowest BCUT2D eigenvalue weighted by molar-refractivity contribution is -0.115. The van der Waals surface area contributed by atoms with E-state index in [1.807, 2.05) is 50.2 Å². The summed E-state index contributed by atoms with van der Waals surface area (Å²) >= 11 is 2.86. The van der Waals surface area contributed by atoms with Crippen LogP contribution in [-0.2, 0) is 4.79 Å². The quantitative estimate of drug-likeness (QED) is 0.437. The Labute approximate surface area is 173 Å². The van der Waals surface area contributed by atoms with Gasteiger partial charge in [0.1, 0.15) is 15.9 Å². The van der Waals surface area contributed by atoms with Crippen molar-refractivity contribution < 1.29 is 4.79 Å². The molecule has 6 nitrogen and oxygen atoms in total. The predicted octanol–water partition coefficient (Wildman–Crippen LogP) is 4.94. The summed E-state index contributed by atoms with van der Waals surface area (Å²) < 4.78 is 0. The number of thioether (sulfide) groups is 1. The van der Waals surface area contributed by atoms with Crippen LogP contribution in [0, 0.1) is 6.92 Å². The Kier molecular flexibility index (Phi) is 6.74. The second kappa shape index (κ2) is 9.25. The number of hydrogen-bond donors (Lipinski definition) is 1. The second-order valence-electron chi connectivity index (χ2n) is 6.61. The van der Waals surface area contributed by atoms with Crippen LogP contribution in [0.1, 0.15) is 43.9 Å². The highest BCUT2D eigenvalue weighted by Gasteiger charge is 2.21. The fourth-order valence-electron chi connectivity index (χ4n) is 2.53. The minimum atomic E-state index is -0.274. The van der Waals surface area contributed by atoms with Gasteiger partial charge in [-0.2, -0.15) is 0 Å². The summed E-state index contributed by atoms with van der Waals surface area (Å²) in [5, 5.41) is 13.0. The van der Waals surface area contributed by atoms with Gasteiger partial charge >= 0.3 is 0 Å². The molecular weight excluding hydrogens is 390 g/mol.